The smallest absolute Gasteiger partial charge is 0.311 e. The number of benzene rings is 1. The topological polar surface area (TPSA) is 141 Å². The van der Waals surface area contributed by atoms with Gasteiger partial charge in [0.15, 0.2) is 17.7 Å². The number of nitrogens with zero attached hydrogens (tertiary/aromatic N) is 3. The molecule has 0 bridgehead atoms. The minimum Gasteiger partial charge on any atom is -0.618 e. The summed E-state index contributed by atoms with van der Waals surface area (Å²) in [5, 5.41) is 47.9. The molecule has 0 aliphatic heterocycles. The van der Waals surface area contributed by atoms with Crippen LogP contribution in [0.25, 0.3) is 0 Å². The van der Waals surface area contributed by atoms with E-state index in [1.807, 2.05) is 0 Å². The van der Waals surface area contributed by atoms with Crippen molar-refractivity contribution in [1.29, 1.82) is 0 Å². The van der Waals surface area contributed by atoms with Gasteiger partial charge in [-0.2, -0.15) is 4.73 Å². The molecule has 1 heterocycles. The van der Waals surface area contributed by atoms with E-state index >= 15 is 0 Å². The summed E-state index contributed by atoms with van der Waals surface area (Å²) in [6, 6.07) is 4.57. The molecule has 10 heteroatoms. The Morgan fingerprint density at radius 1 is 1.26 bits per heavy atom. The van der Waals surface area contributed by atoms with Crippen molar-refractivity contribution in [3.8, 4) is 17.2 Å². The number of phenols is 1. The molecule has 0 fully saturated rings. The van der Waals surface area contributed by atoms with Crippen LogP contribution in [-0.2, 0) is 4.84 Å². The third kappa shape index (κ3) is 4.35. The third-order valence-corrected chi connectivity index (χ3v) is 3.32. The Balaban J connectivity index is 2.79. The fourth-order valence-electron chi connectivity index (χ4n) is 2.16. The molecule has 0 atom stereocenters. The minimum absolute atomic E-state index is 0.176. The number of rotatable bonds is 5. The Bertz CT molecular complexity index is 884. The predicted octanol–water partition coefficient (Wildman–Crippen LogP) is 2.22. The van der Waals surface area contributed by atoms with E-state index in [2.05, 4.69) is 5.16 Å². The molecule has 2 N–H and O–H groups in total. The Labute approximate surface area is 154 Å². The first-order valence-corrected chi connectivity index (χ1v) is 7.78. The van der Waals surface area contributed by atoms with Crippen LogP contribution in [0.5, 0.6) is 17.2 Å². The molecule has 0 spiro atoms. The van der Waals surface area contributed by atoms with E-state index in [0.717, 1.165) is 18.3 Å². The monoisotopic (exact) mass is 377 g/mol. The zero-order valence-electron chi connectivity index (χ0n) is 15.2. The summed E-state index contributed by atoms with van der Waals surface area (Å²) in [6.07, 6.45) is 1.11. The molecule has 0 unspecified atom stereocenters. The fourth-order valence-corrected chi connectivity index (χ4v) is 2.16. The lowest BCUT2D eigenvalue weighted by atomic mass is 10.0. The molecule has 2 aromatic rings. The number of hydrogen-bond acceptors (Lipinski definition) is 8. The normalized spacial score (nSPS) is 11.9. The van der Waals surface area contributed by atoms with Crippen LogP contribution in [0.2, 0.25) is 0 Å². The standard InChI is InChI=1S/C17H19N3O7/c1-17(2,3)27-18-15(16-12(21)6-5-7-19(16)23)10-8-11(20(24)25)14(26-4)9-13(10)22/h5-9,21-22H,1-4H3. The number of aromatic hydroxyl groups is 2. The summed E-state index contributed by atoms with van der Waals surface area (Å²) in [5.41, 5.74) is -2.02. The highest BCUT2D eigenvalue weighted by Crippen LogP contribution is 2.35. The maximum absolute atomic E-state index is 12.2. The number of aromatic nitrogens is 1. The number of methoxy groups -OCH3 is 1. The molecule has 2 rings (SSSR count). The molecule has 0 radical (unpaired) electrons. The molecule has 1 aromatic carbocycles. The van der Waals surface area contributed by atoms with Gasteiger partial charge in [0.1, 0.15) is 11.4 Å². The summed E-state index contributed by atoms with van der Waals surface area (Å²) in [4.78, 5) is 15.9. The van der Waals surface area contributed by atoms with Crippen LogP contribution < -0.4 is 9.47 Å². The fraction of sp³-hybridized carbons (Fsp3) is 0.294. The number of nitro benzene ring substituents is 1. The van der Waals surface area contributed by atoms with Crippen LogP contribution in [0.3, 0.4) is 0 Å². The molecule has 0 saturated carbocycles. The lowest BCUT2D eigenvalue weighted by Gasteiger charge is -2.17. The van der Waals surface area contributed by atoms with Crippen molar-refractivity contribution in [3.63, 3.8) is 0 Å². The van der Waals surface area contributed by atoms with Gasteiger partial charge in [0.05, 0.1) is 17.6 Å². The molecule has 0 aliphatic rings. The van der Waals surface area contributed by atoms with Crippen LogP contribution in [0, 0.1) is 15.3 Å². The average Bonchev–Trinajstić information content (AvgIpc) is 2.56. The Morgan fingerprint density at radius 2 is 1.93 bits per heavy atom. The Hall–Kier alpha value is -3.56. The molecule has 0 amide bonds. The first-order valence-electron chi connectivity index (χ1n) is 7.78. The summed E-state index contributed by atoms with van der Waals surface area (Å²) in [7, 11) is 1.22. The quantitative estimate of drug-likeness (QED) is 0.267. The zero-order chi connectivity index (χ0) is 20.4. The van der Waals surface area contributed by atoms with Crippen molar-refractivity contribution < 1.29 is 29.4 Å². The van der Waals surface area contributed by atoms with Crippen molar-refractivity contribution >= 4 is 11.4 Å². The van der Waals surface area contributed by atoms with Crippen LogP contribution >= 0.6 is 0 Å². The van der Waals surface area contributed by atoms with Gasteiger partial charge in [-0.3, -0.25) is 10.1 Å². The second-order valence-electron chi connectivity index (χ2n) is 6.51. The summed E-state index contributed by atoms with van der Waals surface area (Å²) in [5.74, 6) is -1.07. The molecule has 1 aromatic heterocycles. The molecule has 10 nitrogen and oxygen atoms in total. The number of hydrogen-bond donors (Lipinski definition) is 2. The van der Waals surface area contributed by atoms with Gasteiger partial charge in [-0.15, -0.1) is 0 Å². The highest BCUT2D eigenvalue weighted by atomic mass is 16.6. The van der Waals surface area contributed by atoms with Gasteiger partial charge >= 0.3 is 5.69 Å². The summed E-state index contributed by atoms with van der Waals surface area (Å²) in [6.45, 7) is 5.08. The first-order chi connectivity index (χ1) is 12.5. The highest BCUT2D eigenvalue weighted by Gasteiger charge is 2.29. The van der Waals surface area contributed by atoms with E-state index in [1.165, 1.54) is 19.2 Å². The number of phenolic OH excluding ortho intramolecular Hbond substituents is 1. The maximum Gasteiger partial charge on any atom is 0.311 e. The molecule has 27 heavy (non-hydrogen) atoms. The Morgan fingerprint density at radius 3 is 2.44 bits per heavy atom. The van der Waals surface area contributed by atoms with E-state index in [4.69, 9.17) is 9.57 Å². The predicted molar refractivity (Wildman–Crippen MR) is 94.9 cm³/mol. The van der Waals surface area contributed by atoms with E-state index in [0.29, 0.717) is 4.73 Å². The number of ether oxygens (including phenoxy) is 1. The van der Waals surface area contributed by atoms with Gasteiger partial charge in [0, 0.05) is 18.2 Å². The van der Waals surface area contributed by atoms with Gasteiger partial charge in [-0.05, 0) is 26.8 Å². The molecule has 0 saturated heterocycles. The van der Waals surface area contributed by atoms with Crippen LogP contribution in [-0.4, -0.2) is 33.6 Å². The van der Waals surface area contributed by atoms with E-state index in [1.54, 1.807) is 20.8 Å². The van der Waals surface area contributed by atoms with Gasteiger partial charge in [-0.25, -0.2) is 0 Å². The lowest BCUT2D eigenvalue weighted by Crippen LogP contribution is -2.35. The number of oxime groups is 1. The van der Waals surface area contributed by atoms with Crippen molar-refractivity contribution in [2.24, 2.45) is 5.16 Å². The number of pyridine rings is 1. The van der Waals surface area contributed by atoms with Crippen molar-refractivity contribution in [1.82, 2.24) is 0 Å². The van der Waals surface area contributed by atoms with E-state index < -0.39 is 27.7 Å². The molecular formula is C17H19N3O7. The SMILES string of the molecule is COc1cc(O)c(C(=NOC(C)(C)C)c2c(O)ccc[n+]2[O-])cc1[N+](=O)[O-]. The van der Waals surface area contributed by atoms with Crippen LogP contribution in [0.15, 0.2) is 35.6 Å². The van der Waals surface area contributed by atoms with Gasteiger partial charge < -0.3 is 25.0 Å². The molecule has 0 aliphatic carbocycles. The van der Waals surface area contributed by atoms with Crippen LogP contribution in [0.4, 0.5) is 5.69 Å². The largest absolute Gasteiger partial charge is 0.618 e. The maximum atomic E-state index is 12.2. The van der Waals surface area contributed by atoms with E-state index in [-0.39, 0.29) is 22.7 Å². The first kappa shape index (κ1) is 19.8. The van der Waals surface area contributed by atoms with Crippen molar-refractivity contribution in [2.75, 3.05) is 7.11 Å². The Kier molecular flexibility index (Phi) is 5.39. The number of nitro groups is 1. The van der Waals surface area contributed by atoms with Crippen molar-refractivity contribution in [3.05, 3.63) is 57.0 Å². The van der Waals surface area contributed by atoms with Gasteiger partial charge in [-0.1, -0.05) is 5.16 Å². The third-order valence-electron chi connectivity index (χ3n) is 3.32. The van der Waals surface area contributed by atoms with Gasteiger partial charge in [0.2, 0.25) is 5.75 Å². The van der Waals surface area contributed by atoms with E-state index in [9.17, 15) is 25.5 Å². The second-order valence-corrected chi connectivity index (χ2v) is 6.51. The van der Waals surface area contributed by atoms with Crippen molar-refractivity contribution in [2.45, 2.75) is 26.4 Å². The zero-order valence-corrected chi connectivity index (χ0v) is 15.2. The molecular weight excluding hydrogens is 358 g/mol. The molecule has 144 valence electrons. The lowest BCUT2D eigenvalue weighted by molar-refractivity contribution is -0.607. The minimum atomic E-state index is -0.766. The summed E-state index contributed by atoms with van der Waals surface area (Å²) >= 11 is 0. The van der Waals surface area contributed by atoms with Crippen LogP contribution in [0.1, 0.15) is 32.0 Å². The second kappa shape index (κ2) is 7.36. The summed E-state index contributed by atoms with van der Waals surface area (Å²) < 4.78 is 5.22. The van der Waals surface area contributed by atoms with Gasteiger partial charge in [0.25, 0.3) is 5.69 Å². The average molecular weight is 377 g/mol. The highest BCUT2D eigenvalue weighted by molar-refractivity contribution is 6.14.